The first-order valence-corrected chi connectivity index (χ1v) is 6.46. The summed E-state index contributed by atoms with van der Waals surface area (Å²) in [5.41, 5.74) is 0. The van der Waals surface area contributed by atoms with E-state index in [-0.39, 0.29) is 6.10 Å². The fourth-order valence-electron chi connectivity index (χ4n) is 2.67. The van der Waals surface area contributed by atoms with Crippen molar-refractivity contribution >= 4 is 5.78 Å². The highest BCUT2D eigenvalue weighted by atomic mass is 16.3. The summed E-state index contributed by atoms with van der Waals surface area (Å²) in [7, 11) is 0. The number of ketones is 1. The van der Waals surface area contributed by atoms with Gasteiger partial charge >= 0.3 is 0 Å². The van der Waals surface area contributed by atoms with Gasteiger partial charge in [-0.15, -0.1) is 0 Å². The van der Waals surface area contributed by atoms with Gasteiger partial charge in [0.05, 0.1) is 6.10 Å². The van der Waals surface area contributed by atoms with Crippen LogP contribution in [0.4, 0.5) is 0 Å². The monoisotopic (exact) mass is 210 g/mol. The third-order valence-electron chi connectivity index (χ3n) is 3.84. The third-order valence-corrected chi connectivity index (χ3v) is 3.84. The molecule has 86 valence electrons. The Morgan fingerprint density at radius 3 is 2.47 bits per heavy atom. The summed E-state index contributed by atoms with van der Waals surface area (Å²) in [5, 5.41) is 9.81. The molecule has 0 aromatic rings. The molecule has 0 radical (unpaired) electrons. The van der Waals surface area contributed by atoms with Crippen molar-refractivity contribution in [3.05, 3.63) is 0 Å². The second-order valence-corrected chi connectivity index (χ2v) is 5.32. The predicted molar refractivity (Wildman–Crippen MR) is 59.5 cm³/mol. The number of aliphatic hydroxyl groups excluding tert-OH is 1. The van der Waals surface area contributed by atoms with Crippen LogP contribution in [-0.2, 0) is 4.79 Å². The minimum atomic E-state index is -0.226. The highest BCUT2D eigenvalue weighted by Crippen LogP contribution is 2.32. The second kappa shape index (κ2) is 5.11. The Labute approximate surface area is 92.1 Å². The number of aliphatic hydroxyl groups is 1. The highest BCUT2D eigenvalue weighted by Gasteiger charge is 2.29. The molecule has 15 heavy (non-hydrogen) atoms. The highest BCUT2D eigenvalue weighted by molar-refractivity contribution is 5.83. The van der Waals surface area contributed by atoms with Gasteiger partial charge in [0.1, 0.15) is 5.78 Å². The average Bonchev–Trinajstić information content (AvgIpc) is 2.95. The molecule has 0 saturated heterocycles. The molecule has 0 aromatic carbocycles. The van der Waals surface area contributed by atoms with E-state index in [2.05, 4.69) is 0 Å². The standard InChI is InChI=1S/C13H22O2/c14-12(9-10-3-1-2-4-10)7-8-13(15)11-5-6-11/h10-12,14H,1-9H2. The molecule has 2 rings (SSSR count). The van der Waals surface area contributed by atoms with E-state index >= 15 is 0 Å². The zero-order valence-electron chi connectivity index (χ0n) is 9.45. The van der Waals surface area contributed by atoms with Gasteiger partial charge in [0.25, 0.3) is 0 Å². The molecular weight excluding hydrogens is 188 g/mol. The normalized spacial score (nSPS) is 24.3. The molecule has 0 aliphatic heterocycles. The molecule has 2 heteroatoms. The summed E-state index contributed by atoms with van der Waals surface area (Å²) in [5.74, 6) is 1.49. The molecule has 0 spiro atoms. The molecular formula is C13H22O2. The lowest BCUT2D eigenvalue weighted by Gasteiger charge is -2.14. The summed E-state index contributed by atoms with van der Waals surface area (Å²) in [4.78, 5) is 11.4. The van der Waals surface area contributed by atoms with Crippen molar-refractivity contribution in [2.75, 3.05) is 0 Å². The van der Waals surface area contributed by atoms with E-state index in [0.29, 0.717) is 24.5 Å². The van der Waals surface area contributed by atoms with Crippen molar-refractivity contribution in [3.8, 4) is 0 Å². The number of Topliss-reactive ketones (excluding diaryl/α,β-unsaturated/α-hetero) is 1. The first-order valence-electron chi connectivity index (χ1n) is 6.46. The second-order valence-electron chi connectivity index (χ2n) is 5.32. The van der Waals surface area contributed by atoms with Crippen LogP contribution in [0.1, 0.15) is 57.8 Å². The Morgan fingerprint density at radius 1 is 1.20 bits per heavy atom. The molecule has 0 bridgehead atoms. The van der Waals surface area contributed by atoms with Crippen LogP contribution >= 0.6 is 0 Å². The van der Waals surface area contributed by atoms with Crippen LogP contribution in [-0.4, -0.2) is 17.0 Å². The SMILES string of the molecule is O=C(CCC(O)CC1CCCC1)C1CC1. The Hall–Kier alpha value is -0.370. The lowest BCUT2D eigenvalue weighted by molar-refractivity contribution is -0.120. The quantitative estimate of drug-likeness (QED) is 0.732. The van der Waals surface area contributed by atoms with Crippen molar-refractivity contribution in [3.63, 3.8) is 0 Å². The van der Waals surface area contributed by atoms with Crippen LogP contribution in [0.25, 0.3) is 0 Å². The van der Waals surface area contributed by atoms with E-state index in [0.717, 1.165) is 25.2 Å². The van der Waals surface area contributed by atoms with Crippen LogP contribution in [0.5, 0.6) is 0 Å². The first-order chi connectivity index (χ1) is 7.25. The van der Waals surface area contributed by atoms with E-state index in [9.17, 15) is 9.90 Å². The molecule has 2 aliphatic rings. The number of rotatable bonds is 6. The predicted octanol–water partition coefficient (Wildman–Crippen LogP) is 2.69. The van der Waals surface area contributed by atoms with Crippen LogP contribution in [0.15, 0.2) is 0 Å². The van der Waals surface area contributed by atoms with Gasteiger partial charge in [-0.3, -0.25) is 4.79 Å². The molecule has 2 aliphatic carbocycles. The van der Waals surface area contributed by atoms with Crippen molar-refractivity contribution in [2.45, 2.75) is 63.9 Å². The van der Waals surface area contributed by atoms with E-state index in [1.54, 1.807) is 0 Å². The van der Waals surface area contributed by atoms with E-state index in [1.807, 2.05) is 0 Å². The summed E-state index contributed by atoms with van der Waals surface area (Å²) in [6.07, 6.45) is 9.44. The van der Waals surface area contributed by atoms with E-state index < -0.39 is 0 Å². The van der Waals surface area contributed by atoms with Crippen molar-refractivity contribution in [1.82, 2.24) is 0 Å². The van der Waals surface area contributed by atoms with Crippen LogP contribution in [0.3, 0.4) is 0 Å². The van der Waals surface area contributed by atoms with Crippen molar-refractivity contribution in [1.29, 1.82) is 0 Å². The Bertz CT molecular complexity index is 215. The molecule has 1 unspecified atom stereocenters. The maximum absolute atomic E-state index is 11.4. The summed E-state index contributed by atoms with van der Waals surface area (Å²) < 4.78 is 0. The van der Waals surface area contributed by atoms with Gasteiger partial charge in [-0.2, -0.15) is 0 Å². The first kappa shape index (κ1) is 11.1. The molecule has 1 atom stereocenters. The maximum Gasteiger partial charge on any atom is 0.136 e. The Kier molecular flexibility index (Phi) is 3.79. The van der Waals surface area contributed by atoms with Gasteiger partial charge in [0, 0.05) is 12.3 Å². The summed E-state index contributed by atoms with van der Waals surface area (Å²) in [6.45, 7) is 0. The van der Waals surface area contributed by atoms with Gasteiger partial charge in [-0.1, -0.05) is 25.7 Å². The van der Waals surface area contributed by atoms with E-state index in [1.165, 1.54) is 25.7 Å². The van der Waals surface area contributed by atoms with Crippen LogP contribution in [0.2, 0.25) is 0 Å². The van der Waals surface area contributed by atoms with Gasteiger partial charge in [-0.05, 0) is 31.6 Å². The van der Waals surface area contributed by atoms with Gasteiger partial charge in [0.15, 0.2) is 0 Å². The zero-order chi connectivity index (χ0) is 10.7. The van der Waals surface area contributed by atoms with Gasteiger partial charge in [0.2, 0.25) is 0 Å². The fraction of sp³-hybridized carbons (Fsp3) is 0.923. The van der Waals surface area contributed by atoms with Crippen molar-refractivity contribution < 1.29 is 9.90 Å². The average molecular weight is 210 g/mol. The maximum atomic E-state index is 11.4. The van der Waals surface area contributed by atoms with E-state index in [4.69, 9.17) is 0 Å². The fourth-order valence-corrected chi connectivity index (χ4v) is 2.67. The Balaban J connectivity index is 1.58. The molecule has 2 fully saturated rings. The number of hydrogen-bond donors (Lipinski definition) is 1. The lowest BCUT2D eigenvalue weighted by Crippen LogP contribution is -2.14. The number of hydrogen-bond acceptors (Lipinski definition) is 2. The molecule has 0 aromatic heterocycles. The largest absolute Gasteiger partial charge is 0.393 e. The minimum Gasteiger partial charge on any atom is -0.393 e. The van der Waals surface area contributed by atoms with Crippen LogP contribution in [0, 0.1) is 11.8 Å². The van der Waals surface area contributed by atoms with Gasteiger partial charge in [-0.25, -0.2) is 0 Å². The molecule has 1 N–H and O–H groups in total. The molecule has 0 heterocycles. The smallest absolute Gasteiger partial charge is 0.136 e. The molecule has 2 nitrogen and oxygen atoms in total. The lowest BCUT2D eigenvalue weighted by atomic mass is 9.96. The molecule has 2 saturated carbocycles. The summed E-state index contributed by atoms with van der Waals surface area (Å²) >= 11 is 0. The number of carbonyl (C=O) groups excluding carboxylic acids is 1. The van der Waals surface area contributed by atoms with Crippen molar-refractivity contribution in [2.24, 2.45) is 11.8 Å². The summed E-state index contributed by atoms with van der Waals surface area (Å²) in [6, 6.07) is 0. The zero-order valence-corrected chi connectivity index (χ0v) is 9.45. The minimum absolute atomic E-state index is 0.226. The molecule has 0 amide bonds. The Morgan fingerprint density at radius 2 is 1.87 bits per heavy atom. The number of carbonyl (C=O) groups is 1. The van der Waals surface area contributed by atoms with Crippen LogP contribution < -0.4 is 0 Å². The van der Waals surface area contributed by atoms with Gasteiger partial charge < -0.3 is 5.11 Å². The topological polar surface area (TPSA) is 37.3 Å². The third kappa shape index (κ3) is 3.60.